The lowest BCUT2D eigenvalue weighted by atomic mass is 9.88. The van der Waals surface area contributed by atoms with Gasteiger partial charge in [0.25, 0.3) is 5.91 Å². The molecule has 1 heterocycles. The van der Waals surface area contributed by atoms with Gasteiger partial charge in [0, 0.05) is 5.39 Å². The number of carbonyl (C=O) groups is 2. The fourth-order valence-corrected chi connectivity index (χ4v) is 3.74. The summed E-state index contributed by atoms with van der Waals surface area (Å²) in [7, 11) is 0. The number of nitrogens with one attached hydrogen (secondary N) is 2. The third kappa shape index (κ3) is 3.43. The highest BCUT2D eigenvalue weighted by atomic mass is 16.5. The Morgan fingerprint density at radius 3 is 3.00 bits per heavy atom. The number of aromatic amines is 1. The van der Waals surface area contributed by atoms with Crippen molar-refractivity contribution in [1.29, 1.82) is 0 Å². The van der Waals surface area contributed by atoms with Crippen LogP contribution >= 0.6 is 0 Å². The highest BCUT2D eigenvalue weighted by Crippen LogP contribution is 2.29. The molecule has 1 aliphatic rings. The number of nitrogens with zero attached hydrogens (tertiary/aromatic N) is 1. The van der Waals surface area contributed by atoms with Crippen LogP contribution in [0.25, 0.3) is 10.9 Å². The SMILES string of the molecule is Cc1ccc2[nH]ncc2c1C(=O)OCC(=O)NC1CCCc2ccccc21. The van der Waals surface area contributed by atoms with E-state index in [2.05, 4.69) is 27.6 Å². The summed E-state index contributed by atoms with van der Waals surface area (Å²) in [6.07, 6.45) is 4.55. The number of hydrogen-bond donors (Lipinski definition) is 2. The lowest BCUT2D eigenvalue weighted by molar-refractivity contribution is -0.125. The molecule has 138 valence electrons. The molecule has 0 saturated heterocycles. The molecule has 0 bridgehead atoms. The topological polar surface area (TPSA) is 84.1 Å². The van der Waals surface area contributed by atoms with Crippen molar-refractivity contribution >= 4 is 22.8 Å². The molecule has 1 unspecified atom stereocenters. The van der Waals surface area contributed by atoms with E-state index in [0.717, 1.165) is 35.9 Å². The van der Waals surface area contributed by atoms with Crippen molar-refractivity contribution in [2.75, 3.05) is 6.61 Å². The summed E-state index contributed by atoms with van der Waals surface area (Å²) in [5.41, 5.74) is 4.42. The summed E-state index contributed by atoms with van der Waals surface area (Å²) in [5.74, 6) is -0.805. The molecule has 4 rings (SSSR count). The average molecular weight is 363 g/mol. The molecule has 3 aromatic rings. The van der Waals surface area contributed by atoms with Crippen LogP contribution in [0.3, 0.4) is 0 Å². The van der Waals surface area contributed by atoms with Gasteiger partial charge in [-0.15, -0.1) is 0 Å². The molecule has 6 heteroatoms. The second-order valence-electron chi connectivity index (χ2n) is 6.88. The van der Waals surface area contributed by atoms with Gasteiger partial charge >= 0.3 is 5.97 Å². The van der Waals surface area contributed by atoms with E-state index in [4.69, 9.17) is 4.74 Å². The molecule has 1 aliphatic carbocycles. The first kappa shape index (κ1) is 17.3. The highest BCUT2D eigenvalue weighted by Gasteiger charge is 2.22. The second-order valence-corrected chi connectivity index (χ2v) is 6.88. The Hall–Kier alpha value is -3.15. The first-order chi connectivity index (χ1) is 13.1. The zero-order chi connectivity index (χ0) is 18.8. The van der Waals surface area contributed by atoms with Crippen molar-refractivity contribution in [2.45, 2.75) is 32.2 Å². The first-order valence-corrected chi connectivity index (χ1v) is 9.10. The van der Waals surface area contributed by atoms with Crippen molar-refractivity contribution in [3.8, 4) is 0 Å². The van der Waals surface area contributed by atoms with Gasteiger partial charge in [0.2, 0.25) is 0 Å². The normalized spacial score (nSPS) is 16.0. The summed E-state index contributed by atoms with van der Waals surface area (Å²) < 4.78 is 5.29. The fourth-order valence-electron chi connectivity index (χ4n) is 3.74. The number of rotatable bonds is 4. The van der Waals surface area contributed by atoms with E-state index in [0.29, 0.717) is 10.9 Å². The molecule has 0 aliphatic heterocycles. The van der Waals surface area contributed by atoms with E-state index in [-0.39, 0.29) is 18.6 Å². The molecule has 1 atom stereocenters. The molecule has 0 radical (unpaired) electrons. The third-order valence-corrected chi connectivity index (χ3v) is 5.08. The van der Waals surface area contributed by atoms with Gasteiger partial charge in [-0.2, -0.15) is 5.10 Å². The van der Waals surface area contributed by atoms with Gasteiger partial charge in [-0.1, -0.05) is 30.3 Å². The Bertz CT molecular complexity index is 1010. The number of esters is 1. The standard InChI is InChI=1S/C21H21N3O3/c1-13-9-10-18-16(11-22-24-18)20(13)21(26)27-12-19(25)23-17-8-4-6-14-5-2-3-7-15(14)17/h2-3,5,7,9-11,17H,4,6,8,12H2,1H3,(H,22,24)(H,23,25). The van der Waals surface area contributed by atoms with Gasteiger partial charge in [-0.3, -0.25) is 9.89 Å². The van der Waals surface area contributed by atoms with Crippen LogP contribution in [0.4, 0.5) is 0 Å². The summed E-state index contributed by atoms with van der Waals surface area (Å²) >= 11 is 0. The van der Waals surface area contributed by atoms with Crippen LogP contribution in [0, 0.1) is 6.92 Å². The lowest BCUT2D eigenvalue weighted by Gasteiger charge is -2.26. The summed E-state index contributed by atoms with van der Waals surface area (Å²) in [4.78, 5) is 24.9. The Morgan fingerprint density at radius 2 is 2.11 bits per heavy atom. The highest BCUT2D eigenvalue weighted by molar-refractivity contribution is 6.05. The van der Waals surface area contributed by atoms with E-state index < -0.39 is 5.97 Å². The van der Waals surface area contributed by atoms with Gasteiger partial charge in [0.1, 0.15) is 0 Å². The smallest absolute Gasteiger partial charge is 0.339 e. The lowest BCUT2D eigenvalue weighted by Crippen LogP contribution is -2.34. The number of benzene rings is 2. The predicted octanol–water partition coefficient (Wildman–Crippen LogP) is 3.22. The van der Waals surface area contributed by atoms with Crippen LogP contribution in [-0.4, -0.2) is 28.7 Å². The Kier molecular flexibility index (Phi) is 4.62. The van der Waals surface area contributed by atoms with Crippen molar-refractivity contribution in [3.05, 3.63) is 64.8 Å². The molecule has 2 N–H and O–H groups in total. The minimum atomic E-state index is -0.515. The summed E-state index contributed by atoms with van der Waals surface area (Å²) in [6.45, 7) is 1.53. The van der Waals surface area contributed by atoms with Gasteiger partial charge < -0.3 is 10.1 Å². The summed E-state index contributed by atoms with van der Waals surface area (Å²) in [5, 5.41) is 10.5. The molecule has 0 saturated carbocycles. The van der Waals surface area contributed by atoms with E-state index in [9.17, 15) is 9.59 Å². The molecule has 1 amide bonds. The fraction of sp³-hybridized carbons (Fsp3) is 0.286. The molecule has 27 heavy (non-hydrogen) atoms. The van der Waals surface area contributed by atoms with Crippen molar-refractivity contribution < 1.29 is 14.3 Å². The molecular weight excluding hydrogens is 342 g/mol. The van der Waals surface area contributed by atoms with E-state index in [1.165, 1.54) is 5.56 Å². The maximum absolute atomic E-state index is 12.5. The largest absolute Gasteiger partial charge is 0.452 e. The number of fused-ring (bicyclic) bond motifs is 2. The van der Waals surface area contributed by atoms with Gasteiger partial charge in [0.15, 0.2) is 6.61 Å². The Morgan fingerprint density at radius 1 is 1.26 bits per heavy atom. The van der Waals surface area contributed by atoms with Gasteiger partial charge in [-0.05, 0) is 48.9 Å². The Labute approximate surface area is 156 Å². The van der Waals surface area contributed by atoms with Crippen molar-refractivity contribution in [3.63, 3.8) is 0 Å². The zero-order valence-corrected chi connectivity index (χ0v) is 15.1. The van der Waals surface area contributed by atoms with E-state index in [1.807, 2.05) is 31.2 Å². The van der Waals surface area contributed by atoms with E-state index >= 15 is 0 Å². The van der Waals surface area contributed by atoms with Crippen LogP contribution in [0.5, 0.6) is 0 Å². The number of carbonyl (C=O) groups excluding carboxylic acids is 2. The van der Waals surface area contributed by atoms with Crippen molar-refractivity contribution in [2.24, 2.45) is 0 Å². The number of ether oxygens (including phenoxy) is 1. The minimum absolute atomic E-state index is 0.0276. The molecule has 6 nitrogen and oxygen atoms in total. The second kappa shape index (κ2) is 7.23. The first-order valence-electron chi connectivity index (χ1n) is 9.10. The Balaban J connectivity index is 1.42. The monoisotopic (exact) mass is 363 g/mol. The summed E-state index contributed by atoms with van der Waals surface area (Å²) in [6, 6.07) is 11.8. The van der Waals surface area contributed by atoms with Gasteiger partial charge in [-0.25, -0.2) is 4.79 Å². The van der Waals surface area contributed by atoms with Crippen LogP contribution in [0.2, 0.25) is 0 Å². The quantitative estimate of drug-likeness (QED) is 0.697. The predicted molar refractivity (Wildman–Crippen MR) is 101 cm³/mol. The number of H-pyrrole nitrogens is 1. The minimum Gasteiger partial charge on any atom is -0.452 e. The number of amides is 1. The van der Waals surface area contributed by atoms with Crippen LogP contribution in [-0.2, 0) is 16.0 Å². The number of aryl methyl sites for hydroxylation is 2. The maximum Gasteiger partial charge on any atom is 0.339 e. The molecule has 0 spiro atoms. The third-order valence-electron chi connectivity index (χ3n) is 5.08. The average Bonchev–Trinajstić information content (AvgIpc) is 3.15. The van der Waals surface area contributed by atoms with Gasteiger partial charge in [0.05, 0.1) is 23.3 Å². The number of hydrogen-bond acceptors (Lipinski definition) is 4. The molecule has 1 aromatic heterocycles. The van der Waals surface area contributed by atoms with Crippen LogP contribution in [0.1, 0.15) is 45.9 Å². The van der Waals surface area contributed by atoms with Crippen LogP contribution in [0.15, 0.2) is 42.6 Å². The maximum atomic E-state index is 12.5. The van der Waals surface area contributed by atoms with Crippen LogP contribution < -0.4 is 5.32 Å². The molecule has 2 aromatic carbocycles. The van der Waals surface area contributed by atoms with E-state index in [1.54, 1.807) is 6.20 Å². The molecule has 0 fully saturated rings. The molecular formula is C21H21N3O3. The van der Waals surface area contributed by atoms with Crippen molar-refractivity contribution in [1.82, 2.24) is 15.5 Å². The number of aromatic nitrogens is 2. The zero-order valence-electron chi connectivity index (χ0n) is 15.1.